The fourth-order valence-corrected chi connectivity index (χ4v) is 5.30. The molecule has 0 N–H and O–H groups in total. The molecule has 1 saturated heterocycles. The van der Waals surface area contributed by atoms with E-state index in [9.17, 15) is 4.79 Å². The van der Waals surface area contributed by atoms with Gasteiger partial charge in [-0.2, -0.15) is 0 Å². The lowest BCUT2D eigenvalue weighted by atomic mass is 10.2. The minimum atomic E-state index is -0.189. The van der Waals surface area contributed by atoms with E-state index in [0.717, 1.165) is 55.0 Å². The first-order valence-electron chi connectivity index (χ1n) is 10.7. The molecule has 1 amide bonds. The van der Waals surface area contributed by atoms with E-state index in [1.165, 1.54) is 11.3 Å². The summed E-state index contributed by atoms with van der Waals surface area (Å²) in [5.41, 5.74) is 1.72. The first-order chi connectivity index (χ1) is 15.9. The maximum Gasteiger partial charge on any atom is 0.266 e. The third kappa shape index (κ3) is 6.10. The average molecular weight is 529 g/mol. The molecule has 10 heteroatoms. The van der Waals surface area contributed by atoms with E-state index in [1.807, 2.05) is 19.1 Å². The van der Waals surface area contributed by atoms with E-state index in [2.05, 4.69) is 4.90 Å². The van der Waals surface area contributed by atoms with Gasteiger partial charge in [-0.25, -0.2) is 4.98 Å². The molecule has 6 nitrogen and oxygen atoms in total. The quantitative estimate of drug-likeness (QED) is 0.375. The number of benzene rings is 2. The summed E-state index contributed by atoms with van der Waals surface area (Å²) in [5, 5.41) is 2.16. The van der Waals surface area contributed by atoms with Crippen molar-refractivity contribution in [2.45, 2.75) is 13.3 Å². The van der Waals surface area contributed by atoms with Crippen molar-refractivity contribution < 1.29 is 14.3 Å². The monoisotopic (exact) mass is 527 g/mol. The third-order valence-electron chi connectivity index (χ3n) is 5.47. The molecule has 0 atom stereocenters. The molecule has 2 heterocycles. The van der Waals surface area contributed by atoms with Gasteiger partial charge in [-0.15, -0.1) is 0 Å². The topological polar surface area (TPSA) is 54.9 Å². The number of anilines is 1. The molecule has 1 aromatic heterocycles. The first kappa shape index (κ1) is 24.5. The number of carbonyl (C=O) groups excluding carboxylic acids is 1. The molecular formula is C23H24Cl3N3O3S. The molecule has 0 spiro atoms. The molecule has 1 aliphatic heterocycles. The van der Waals surface area contributed by atoms with Crippen LogP contribution in [0.15, 0.2) is 30.3 Å². The summed E-state index contributed by atoms with van der Waals surface area (Å²) in [5.74, 6) is 0.223. The van der Waals surface area contributed by atoms with Crippen molar-refractivity contribution in [3.05, 3.63) is 51.0 Å². The highest BCUT2D eigenvalue weighted by Gasteiger charge is 2.22. The highest BCUT2D eigenvalue weighted by molar-refractivity contribution is 7.22. The summed E-state index contributed by atoms with van der Waals surface area (Å²) in [6, 6.07) is 8.71. The second-order valence-electron chi connectivity index (χ2n) is 7.73. The number of hydrogen-bond acceptors (Lipinski definition) is 6. The summed E-state index contributed by atoms with van der Waals surface area (Å²) in [7, 11) is 0. The molecule has 0 radical (unpaired) electrons. The number of halogens is 3. The van der Waals surface area contributed by atoms with Crippen molar-refractivity contribution in [3.8, 4) is 5.75 Å². The van der Waals surface area contributed by atoms with Crippen molar-refractivity contribution >= 4 is 67.4 Å². The standard InChI is InChI=1S/C23H24Cl3N3O3S/c1-15-17(25)4-6-20-22(15)27-23(33-20)29(8-2-7-28-9-11-31-12-10-28)21(30)14-32-19-5-3-16(24)13-18(19)26/h3-6,13H,2,7-12,14H2,1H3. The van der Waals surface area contributed by atoms with Gasteiger partial charge < -0.3 is 9.47 Å². The Hall–Kier alpha value is -1.61. The Labute approximate surface area is 211 Å². The Morgan fingerprint density at radius 3 is 2.73 bits per heavy atom. The maximum absolute atomic E-state index is 13.2. The van der Waals surface area contributed by atoms with Crippen LogP contribution in [0.4, 0.5) is 5.13 Å². The van der Waals surface area contributed by atoms with Crippen molar-refractivity contribution in [2.24, 2.45) is 0 Å². The van der Waals surface area contributed by atoms with Crippen LogP contribution in [0.2, 0.25) is 15.1 Å². The molecule has 176 valence electrons. The maximum atomic E-state index is 13.2. The summed E-state index contributed by atoms with van der Waals surface area (Å²) in [6.45, 7) is 6.49. The van der Waals surface area contributed by atoms with Gasteiger partial charge in [-0.1, -0.05) is 46.1 Å². The average Bonchev–Trinajstić information content (AvgIpc) is 3.24. The number of carbonyl (C=O) groups is 1. The molecule has 0 bridgehead atoms. The van der Waals surface area contributed by atoms with Crippen LogP contribution in [0.5, 0.6) is 5.75 Å². The molecule has 1 aliphatic rings. The number of amides is 1. The molecular weight excluding hydrogens is 505 g/mol. The second-order valence-corrected chi connectivity index (χ2v) is 9.99. The molecule has 0 aliphatic carbocycles. The van der Waals surface area contributed by atoms with Crippen LogP contribution in [-0.4, -0.2) is 61.8 Å². The number of aromatic nitrogens is 1. The van der Waals surface area contributed by atoms with Gasteiger partial charge in [0.15, 0.2) is 11.7 Å². The number of nitrogens with zero attached hydrogens (tertiary/aromatic N) is 3. The second kappa shape index (κ2) is 11.2. The Kier molecular flexibility index (Phi) is 8.33. The Morgan fingerprint density at radius 2 is 1.97 bits per heavy atom. The lowest BCUT2D eigenvalue weighted by Gasteiger charge is -2.27. The molecule has 4 rings (SSSR count). The zero-order valence-electron chi connectivity index (χ0n) is 18.2. The third-order valence-corrected chi connectivity index (χ3v) is 7.46. The molecule has 3 aromatic rings. The van der Waals surface area contributed by atoms with Crippen LogP contribution < -0.4 is 9.64 Å². The van der Waals surface area contributed by atoms with Gasteiger partial charge >= 0.3 is 0 Å². The first-order valence-corrected chi connectivity index (χ1v) is 12.6. The number of thiazole rings is 1. The zero-order valence-corrected chi connectivity index (χ0v) is 21.2. The van der Waals surface area contributed by atoms with E-state index in [4.69, 9.17) is 49.3 Å². The summed E-state index contributed by atoms with van der Waals surface area (Å²) in [6.07, 6.45) is 0.809. The van der Waals surface area contributed by atoms with E-state index in [1.54, 1.807) is 23.1 Å². The lowest BCUT2D eigenvalue weighted by Crippen LogP contribution is -2.40. The van der Waals surface area contributed by atoms with Gasteiger partial charge in [0.05, 0.1) is 28.5 Å². The van der Waals surface area contributed by atoms with Crippen LogP contribution in [-0.2, 0) is 9.53 Å². The fraction of sp³-hybridized carbons (Fsp3) is 0.391. The molecule has 33 heavy (non-hydrogen) atoms. The summed E-state index contributed by atoms with van der Waals surface area (Å²) < 4.78 is 12.1. The van der Waals surface area contributed by atoms with E-state index >= 15 is 0 Å². The molecule has 2 aromatic carbocycles. The van der Waals surface area contributed by atoms with Gasteiger partial charge in [0.25, 0.3) is 5.91 Å². The Balaban J connectivity index is 1.51. The number of fused-ring (bicyclic) bond motifs is 1. The molecule has 0 saturated carbocycles. The van der Waals surface area contributed by atoms with Crippen molar-refractivity contribution in [1.82, 2.24) is 9.88 Å². The van der Waals surface area contributed by atoms with Crippen molar-refractivity contribution in [1.29, 1.82) is 0 Å². The number of rotatable bonds is 8. The van der Waals surface area contributed by atoms with Crippen LogP contribution in [0.3, 0.4) is 0 Å². The molecule has 0 unspecified atom stereocenters. The van der Waals surface area contributed by atoms with Gasteiger partial charge in [0.1, 0.15) is 5.75 Å². The van der Waals surface area contributed by atoms with E-state index in [-0.39, 0.29) is 12.5 Å². The summed E-state index contributed by atoms with van der Waals surface area (Å²) in [4.78, 5) is 22.0. The van der Waals surface area contributed by atoms with Crippen LogP contribution >= 0.6 is 46.1 Å². The largest absolute Gasteiger partial charge is 0.482 e. The smallest absolute Gasteiger partial charge is 0.266 e. The SMILES string of the molecule is Cc1c(Cl)ccc2sc(N(CCCN3CCOCC3)C(=O)COc3ccc(Cl)cc3Cl)nc12. The minimum Gasteiger partial charge on any atom is -0.482 e. The summed E-state index contributed by atoms with van der Waals surface area (Å²) >= 11 is 19.9. The van der Waals surface area contributed by atoms with Crippen molar-refractivity contribution in [2.75, 3.05) is 50.9 Å². The Bertz CT molecular complexity index is 1130. The number of morpholine rings is 1. The van der Waals surface area contributed by atoms with E-state index in [0.29, 0.717) is 32.5 Å². The van der Waals surface area contributed by atoms with E-state index < -0.39 is 0 Å². The van der Waals surface area contributed by atoms with Crippen molar-refractivity contribution in [3.63, 3.8) is 0 Å². The predicted molar refractivity (Wildman–Crippen MR) is 136 cm³/mol. The highest BCUT2D eigenvalue weighted by atomic mass is 35.5. The van der Waals surface area contributed by atoms with Crippen LogP contribution in [0, 0.1) is 6.92 Å². The Morgan fingerprint density at radius 1 is 1.18 bits per heavy atom. The number of hydrogen-bond donors (Lipinski definition) is 0. The molecule has 1 fully saturated rings. The number of aryl methyl sites for hydroxylation is 1. The zero-order chi connectivity index (χ0) is 23.4. The normalized spacial score (nSPS) is 14.5. The van der Waals surface area contributed by atoms with Crippen LogP contribution in [0.1, 0.15) is 12.0 Å². The highest BCUT2D eigenvalue weighted by Crippen LogP contribution is 2.34. The van der Waals surface area contributed by atoms with Gasteiger partial charge in [-0.3, -0.25) is 14.6 Å². The van der Waals surface area contributed by atoms with Gasteiger partial charge in [0, 0.05) is 36.2 Å². The fourth-order valence-electron chi connectivity index (χ4n) is 3.62. The van der Waals surface area contributed by atoms with Crippen LogP contribution in [0.25, 0.3) is 10.2 Å². The minimum absolute atomic E-state index is 0.158. The van der Waals surface area contributed by atoms with Gasteiger partial charge in [-0.05, 0) is 49.2 Å². The predicted octanol–water partition coefficient (Wildman–Crippen LogP) is 5.70. The lowest BCUT2D eigenvalue weighted by molar-refractivity contribution is -0.120. The van der Waals surface area contributed by atoms with Gasteiger partial charge in [0.2, 0.25) is 0 Å². The number of ether oxygens (including phenoxy) is 2.